The van der Waals surface area contributed by atoms with E-state index in [1.165, 1.54) is 0 Å². The SMILES string of the molecule is CCC(CC)Oc1ccc(OCC/C=N/OC(C)C)cc1. The monoisotopic (exact) mass is 293 g/mol. The van der Waals surface area contributed by atoms with E-state index in [9.17, 15) is 0 Å². The number of hydrogen-bond acceptors (Lipinski definition) is 4. The molecule has 1 aromatic rings. The van der Waals surface area contributed by atoms with Crippen LogP contribution in [-0.4, -0.2) is 25.0 Å². The van der Waals surface area contributed by atoms with Gasteiger partial charge in [-0.1, -0.05) is 19.0 Å². The molecule has 0 aliphatic rings. The number of benzene rings is 1. The minimum atomic E-state index is 0.116. The van der Waals surface area contributed by atoms with E-state index in [-0.39, 0.29) is 12.2 Å². The first kappa shape index (κ1) is 17.3. The summed E-state index contributed by atoms with van der Waals surface area (Å²) in [7, 11) is 0. The second kappa shape index (κ2) is 10.1. The normalized spacial score (nSPS) is 11.3. The molecule has 0 fully saturated rings. The Morgan fingerprint density at radius 2 is 1.67 bits per heavy atom. The highest BCUT2D eigenvalue weighted by molar-refractivity contribution is 5.56. The van der Waals surface area contributed by atoms with Crippen LogP contribution in [0.5, 0.6) is 11.5 Å². The Hall–Kier alpha value is -1.71. The summed E-state index contributed by atoms with van der Waals surface area (Å²) in [6.07, 6.45) is 4.89. The van der Waals surface area contributed by atoms with Crippen LogP contribution in [0.25, 0.3) is 0 Å². The average molecular weight is 293 g/mol. The van der Waals surface area contributed by atoms with Crippen molar-refractivity contribution in [1.82, 2.24) is 0 Å². The van der Waals surface area contributed by atoms with Crippen LogP contribution in [0.15, 0.2) is 29.4 Å². The number of ether oxygens (including phenoxy) is 2. The zero-order chi connectivity index (χ0) is 15.5. The summed E-state index contributed by atoms with van der Waals surface area (Å²) in [5, 5.41) is 3.84. The zero-order valence-electron chi connectivity index (χ0n) is 13.5. The number of oxime groups is 1. The molecule has 0 saturated heterocycles. The van der Waals surface area contributed by atoms with Crippen molar-refractivity contribution in [3.63, 3.8) is 0 Å². The molecule has 4 nitrogen and oxygen atoms in total. The maximum absolute atomic E-state index is 5.85. The molecule has 4 heteroatoms. The Morgan fingerprint density at radius 1 is 1.05 bits per heavy atom. The van der Waals surface area contributed by atoms with Gasteiger partial charge in [0.05, 0.1) is 12.7 Å². The standard InChI is InChI=1S/C17H27NO3/c1-5-15(6-2)20-17-10-8-16(9-11-17)19-13-7-12-18-21-14(3)4/h8-12,14-15H,5-7,13H2,1-4H3/b18-12+. The lowest BCUT2D eigenvalue weighted by Gasteiger charge is -2.15. The molecule has 118 valence electrons. The quantitative estimate of drug-likeness (QED) is 0.364. The van der Waals surface area contributed by atoms with E-state index in [2.05, 4.69) is 19.0 Å². The first-order chi connectivity index (χ1) is 10.2. The zero-order valence-corrected chi connectivity index (χ0v) is 13.5. The van der Waals surface area contributed by atoms with E-state index in [1.54, 1.807) is 6.21 Å². The highest BCUT2D eigenvalue weighted by Crippen LogP contribution is 2.20. The molecule has 0 aliphatic heterocycles. The lowest BCUT2D eigenvalue weighted by atomic mass is 10.2. The van der Waals surface area contributed by atoms with Gasteiger partial charge in [0.25, 0.3) is 0 Å². The topological polar surface area (TPSA) is 40.0 Å². The predicted octanol–water partition coefficient (Wildman–Crippen LogP) is 4.43. The van der Waals surface area contributed by atoms with Crippen LogP contribution in [-0.2, 0) is 4.84 Å². The highest BCUT2D eigenvalue weighted by atomic mass is 16.6. The van der Waals surface area contributed by atoms with Gasteiger partial charge in [-0.3, -0.25) is 0 Å². The summed E-state index contributed by atoms with van der Waals surface area (Å²) >= 11 is 0. The van der Waals surface area contributed by atoms with Crippen molar-refractivity contribution in [3.05, 3.63) is 24.3 Å². The Kier molecular flexibility index (Phi) is 8.32. The van der Waals surface area contributed by atoms with Crippen molar-refractivity contribution in [2.45, 2.75) is 59.2 Å². The minimum Gasteiger partial charge on any atom is -0.493 e. The van der Waals surface area contributed by atoms with E-state index in [0.29, 0.717) is 6.61 Å². The van der Waals surface area contributed by atoms with Gasteiger partial charge in [-0.05, 0) is 51.0 Å². The molecule has 0 aliphatic carbocycles. The van der Waals surface area contributed by atoms with Gasteiger partial charge < -0.3 is 14.3 Å². The van der Waals surface area contributed by atoms with E-state index >= 15 is 0 Å². The van der Waals surface area contributed by atoms with Gasteiger partial charge in [-0.2, -0.15) is 0 Å². The maximum Gasteiger partial charge on any atom is 0.121 e. The molecule has 0 atom stereocenters. The third-order valence-electron chi connectivity index (χ3n) is 2.90. The van der Waals surface area contributed by atoms with Crippen molar-refractivity contribution >= 4 is 6.21 Å². The molecule has 0 unspecified atom stereocenters. The van der Waals surface area contributed by atoms with Crippen LogP contribution in [0.2, 0.25) is 0 Å². The first-order valence-corrected chi connectivity index (χ1v) is 7.72. The van der Waals surface area contributed by atoms with Crippen molar-refractivity contribution in [3.8, 4) is 11.5 Å². The summed E-state index contributed by atoms with van der Waals surface area (Å²) in [5.74, 6) is 1.73. The van der Waals surface area contributed by atoms with Crippen LogP contribution in [0.4, 0.5) is 0 Å². The largest absolute Gasteiger partial charge is 0.493 e. The molecule has 0 saturated carbocycles. The fraction of sp³-hybridized carbons (Fsp3) is 0.588. The maximum atomic E-state index is 5.85. The molecule has 0 aromatic heterocycles. The number of hydrogen-bond donors (Lipinski definition) is 0. The smallest absolute Gasteiger partial charge is 0.121 e. The highest BCUT2D eigenvalue weighted by Gasteiger charge is 2.04. The molecule has 0 heterocycles. The average Bonchev–Trinajstić information content (AvgIpc) is 2.49. The van der Waals surface area contributed by atoms with Crippen LogP contribution in [0, 0.1) is 0 Å². The van der Waals surface area contributed by atoms with Crippen LogP contribution in [0.3, 0.4) is 0 Å². The fourth-order valence-corrected chi connectivity index (χ4v) is 1.71. The molecule has 0 radical (unpaired) electrons. The Balaban J connectivity index is 2.29. The second-order valence-electron chi connectivity index (χ2n) is 5.11. The Morgan fingerprint density at radius 3 is 2.24 bits per heavy atom. The van der Waals surface area contributed by atoms with Crippen molar-refractivity contribution in [2.24, 2.45) is 5.16 Å². The molecule has 1 rings (SSSR count). The van der Waals surface area contributed by atoms with Crippen molar-refractivity contribution < 1.29 is 14.3 Å². The fourth-order valence-electron chi connectivity index (χ4n) is 1.71. The van der Waals surface area contributed by atoms with Gasteiger partial charge in [0.15, 0.2) is 0 Å². The van der Waals surface area contributed by atoms with Crippen molar-refractivity contribution in [2.75, 3.05) is 6.61 Å². The van der Waals surface area contributed by atoms with Crippen LogP contribution < -0.4 is 9.47 Å². The van der Waals surface area contributed by atoms with Crippen molar-refractivity contribution in [1.29, 1.82) is 0 Å². The predicted molar refractivity (Wildman–Crippen MR) is 86.3 cm³/mol. The van der Waals surface area contributed by atoms with E-state index in [4.69, 9.17) is 14.3 Å². The van der Waals surface area contributed by atoms with Gasteiger partial charge in [0, 0.05) is 12.6 Å². The Bertz CT molecular complexity index is 397. The molecule has 0 bridgehead atoms. The lowest BCUT2D eigenvalue weighted by Crippen LogP contribution is -2.13. The Labute approximate surface area is 128 Å². The molecule has 21 heavy (non-hydrogen) atoms. The third-order valence-corrected chi connectivity index (χ3v) is 2.90. The lowest BCUT2D eigenvalue weighted by molar-refractivity contribution is 0.0866. The second-order valence-corrected chi connectivity index (χ2v) is 5.11. The van der Waals surface area contributed by atoms with E-state index in [0.717, 1.165) is 30.8 Å². The minimum absolute atomic E-state index is 0.116. The molecular weight excluding hydrogens is 266 g/mol. The number of nitrogens with zero attached hydrogens (tertiary/aromatic N) is 1. The third kappa shape index (κ3) is 7.59. The molecule has 1 aromatic carbocycles. The van der Waals surface area contributed by atoms with Crippen LogP contribution >= 0.6 is 0 Å². The molecule has 0 N–H and O–H groups in total. The summed E-state index contributed by atoms with van der Waals surface area (Å²) in [5.41, 5.74) is 0. The summed E-state index contributed by atoms with van der Waals surface area (Å²) in [6, 6.07) is 7.76. The summed E-state index contributed by atoms with van der Waals surface area (Å²) in [4.78, 5) is 5.07. The summed E-state index contributed by atoms with van der Waals surface area (Å²) < 4.78 is 11.5. The van der Waals surface area contributed by atoms with Crippen LogP contribution in [0.1, 0.15) is 47.0 Å². The van der Waals surface area contributed by atoms with Gasteiger partial charge in [-0.15, -0.1) is 0 Å². The first-order valence-electron chi connectivity index (χ1n) is 7.72. The molecule has 0 spiro atoms. The number of rotatable bonds is 10. The summed E-state index contributed by atoms with van der Waals surface area (Å²) in [6.45, 7) is 8.74. The molecular formula is C17H27NO3. The van der Waals surface area contributed by atoms with Gasteiger partial charge in [0.2, 0.25) is 0 Å². The van der Waals surface area contributed by atoms with E-state index in [1.807, 2.05) is 38.1 Å². The molecule has 0 amide bonds. The van der Waals surface area contributed by atoms with Gasteiger partial charge in [0.1, 0.15) is 17.6 Å². The van der Waals surface area contributed by atoms with Gasteiger partial charge >= 0.3 is 0 Å². The van der Waals surface area contributed by atoms with E-state index < -0.39 is 0 Å². The van der Waals surface area contributed by atoms with Gasteiger partial charge in [-0.25, -0.2) is 0 Å².